The Balaban J connectivity index is 1.88. The molecule has 0 radical (unpaired) electrons. The van der Waals surface area contributed by atoms with E-state index in [2.05, 4.69) is 39.5 Å². The molecular formula is C15H24N6. The molecule has 0 fully saturated rings. The molecule has 0 unspecified atom stereocenters. The molecule has 0 aromatic carbocycles. The summed E-state index contributed by atoms with van der Waals surface area (Å²) in [6.07, 6.45) is 6.74. The van der Waals surface area contributed by atoms with E-state index >= 15 is 0 Å². The molecule has 2 rings (SSSR count). The van der Waals surface area contributed by atoms with Gasteiger partial charge in [-0.05, 0) is 25.8 Å². The minimum absolute atomic E-state index is 0.862. The largest absolute Gasteiger partial charge is 0.370 e. The first-order valence-electron chi connectivity index (χ1n) is 7.65. The van der Waals surface area contributed by atoms with Crippen molar-refractivity contribution in [2.45, 2.75) is 39.7 Å². The van der Waals surface area contributed by atoms with Gasteiger partial charge >= 0.3 is 0 Å². The molecule has 0 aliphatic carbocycles. The second kappa shape index (κ2) is 8.24. The SMILES string of the molecule is CCCc1nc(NCC)cc(NCCCn2cccn2)n1. The molecule has 0 atom stereocenters. The van der Waals surface area contributed by atoms with E-state index in [1.54, 1.807) is 6.20 Å². The summed E-state index contributed by atoms with van der Waals surface area (Å²) in [5.74, 6) is 2.68. The predicted octanol–water partition coefficient (Wildman–Crippen LogP) is 2.56. The van der Waals surface area contributed by atoms with Gasteiger partial charge in [-0.3, -0.25) is 4.68 Å². The second-order valence-corrected chi connectivity index (χ2v) is 4.88. The van der Waals surface area contributed by atoms with E-state index in [4.69, 9.17) is 0 Å². The maximum Gasteiger partial charge on any atom is 0.133 e. The van der Waals surface area contributed by atoms with Crippen molar-refractivity contribution < 1.29 is 0 Å². The number of aromatic nitrogens is 4. The first kappa shape index (κ1) is 15.3. The van der Waals surface area contributed by atoms with Gasteiger partial charge in [0, 0.05) is 44.5 Å². The van der Waals surface area contributed by atoms with Gasteiger partial charge in [0.15, 0.2) is 0 Å². The summed E-state index contributed by atoms with van der Waals surface area (Å²) in [6, 6.07) is 3.91. The summed E-state index contributed by atoms with van der Waals surface area (Å²) >= 11 is 0. The van der Waals surface area contributed by atoms with Crippen LogP contribution in [0.1, 0.15) is 32.5 Å². The lowest BCUT2D eigenvalue weighted by atomic mass is 10.3. The average Bonchev–Trinajstić information content (AvgIpc) is 2.97. The number of nitrogens with zero attached hydrogens (tertiary/aromatic N) is 4. The highest BCUT2D eigenvalue weighted by molar-refractivity contribution is 5.47. The highest BCUT2D eigenvalue weighted by atomic mass is 15.3. The Morgan fingerprint density at radius 3 is 2.62 bits per heavy atom. The molecule has 0 bridgehead atoms. The minimum Gasteiger partial charge on any atom is -0.370 e. The van der Waals surface area contributed by atoms with Crippen molar-refractivity contribution in [2.75, 3.05) is 23.7 Å². The van der Waals surface area contributed by atoms with Crippen molar-refractivity contribution in [3.63, 3.8) is 0 Å². The predicted molar refractivity (Wildman–Crippen MR) is 85.5 cm³/mol. The van der Waals surface area contributed by atoms with Gasteiger partial charge in [-0.1, -0.05) is 6.92 Å². The van der Waals surface area contributed by atoms with Crippen LogP contribution >= 0.6 is 0 Å². The van der Waals surface area contributed by atoms with E-state index in [0.29, 0.717) is 0 Å². The van der Waals surface area contributed by atoms with Crippen LogP contribution in [0, 0.1) is 0 Å². The standard InChI is InChI=1S/C15H24N6/c1-3-7-13-19-14(16-4-2)12-15(20-13)17-8-5-10-21-11-6-9-18-21/h6,9,11-12H,3-5,7-8,10H2,1-2H3,(H2,16,17,19,20). The Morgan fingerprint density at radius 2 is 1.95 bits per heavy atom. The zero-order chi connectivity index (χ0) is 14.9. The second-order valence-electron chi connectivity index (χ2n) is 4.88. The summed E-state index contributed by atoms with van der Waals surface area (Å²) in [4.78, 5) is 9.06. The highest BCUT2D eigenvalue weighted by Crippen LogP contribution is 2.12. The van der Waals surface area contributed by atoms with Gasteiger partial charge in [0.05, 0.1) is 0 Å². The number of nitrogens with one attached hydrogen (secondary N) is 2. The van der Waals surface area contributed by atoms with Gasteiger partial charge < -0.3 is 10.6 Å². The van der Waals surface area contributed by atoms with E-state index in [1.165, 1.54) is 0 Å². The Morgan fingerprint density at radius 1 is 1.14 bits per heavy atom. The summed E-state index contributed by atoms with van der Waals surface area (Å²) in [6.45, 7) is 6.85. The van der Waals surface area contributed by atoms with E-state index in [9.17, 15) is 0 Å². The smallest absolute Gasteiger partial charge is 0.133 e. The molecular weight excluding hydrogens is 264 g/mol. The third kappa shape index (κ3) is 5.06. The number of anilines is 2. The summed E-state index contributed by atoms with van der Waals surface area (Å²) < 4.78 is 1.94. The lowest BCUT2D eigenvalue weighted by Crippen LogP contribution is -2.11. The van der Waals surface area contributed by atoms with Gasteiger partial charge in [-0.15, -0.1) is 0 Å². The number of hydrogen-bond acceptors (Lipinski definition) is 5. The van der Waals surface area contributed by atoms with Gasteiger partial charge in [-0.2, -0.15) is 5.10 Å². The molecule has 6 heteroatoms. The van der Waals surface area contributed by atoms with E-state index in [-0.39, 0.29) is 0 Å². The highest BCUT2D eigenvalue weighted by Gasteiger charge is 2.03. The molecule has 0 saturated heterocycles. The van der Waals surface area contributed by atoms with Gasteiger partial charge in [-0.25, -0.2) is 9.97 Å². The number of rotatable bonds is 9. The topological polar surface area (TPSA) is 67.7 Å². The van der Waals surface area contributed by atoms with Gasteiger partial charge in [0.1, 0.15) is 17.5 Å². The first-order chi connectivity index (χ1) is 10.3. The first-order valence-corrected chi connectivity index (χ1v) is 7.65. The van der Waals surface area contributed by atoms with Crippen LogP contribution in [0.15, 0.2) is 24.5 Å². The third-order valence-electron chi connectivity index (χ3n) is 3.03. The molecule has 0 aliphatic heterocycles. The normalized spacial score (nSPS) is 10.6. The molecule has 6 nitrogen and oxygen atoms in total. The fourth-order valence-corrected chi connectivity index (χ4v) is 2.09. The van der Waals surface area contributed by atoms with Crippen LogP contribution in [0.3, 0.4) is 0 Å². The molecule has 2 aromatic heterocycles. The Kier molecular flexibility index (Phi) is 5.99. The molecule has 21 heavy (non-hydrogen) atoms. The number of hydrogen-bond donors (Lipinski definition) is 2. The quantitative estimate of drug-likeness (QED) is 0.694. The van der Waals surface area contributed by atoms with Crippen molar-refractivity contribution in [3.8, 4) is 0 Å². The van der Waals surface area contributed by atoms with Crippen LogP contribution < -0.4 is 10.6 Å². The van der Waals surface area contributed by atoms with Gasteiger partial charge in [0.2, 0.25) is 0 Å². The summed E-state index contributed by atoms with van der Waals surface area (Å²) in [5, 5.41) is 10.8. The molecule has 114 valence electrons. The molecule has 0 saturated carbocycles. The van der Waals surface area contributed by atoms with Crippen LogP contribution in [-0.4, -0.2) is 32.8 Å². The lowest BCUT2D eigenvalue weighted by molar-refractivity contribution is 0.591. The van der Waals surface area contributed by atoms with Crippen LogP contribution in [0.25, 0.3) is 0 Å². The van der Waals surface area contributed by atoms with Crippen molar-refractivity contribution in [1.82, 2.24) is 19.7 Å². The fraction of sp³-hybridized carbons (Fsp3) is 0.533. The zero-order valence-corrected chi connectivity index (χ0v) is 12.8. The van der Waals surface area contributed by atoms with E-state index in [1.807, 2.05) is 23.0 Å². The average molecular weight is 288 g/mol. The number of aryl methyl sites for hydroxylation is 2. The lowest BCUT2D eigenvalue weighted by Gasteiger charge is -2.10. The van der Waals surface area contributed by atoms with Crippen LogP contribution in [0.2, 0.25) is 0 Å². The van der Waals surface area contributed by atoms with E-state index < -0.39 is 0 Å². The molecule has 2 aromatic rings. The van der Waals surface area contributed by atoms with E-state index in [0.717, 1.165) is 56.4 Å². The molecule has 2 heterocycles. The zero-order valence-electron chi connectivity index (χ0n) is 12.8. The maximum atomic E-state index is 4.56. The van der Waals surface area contributed by atoms with Crippen molar-refractivity contribution in [3.05, 3.63) is 30.4 Å². The molecule has 2 N–H and O–H groups in total. The Labute approximate surface area is 126 Å². The minimum atomic E-state index is 0.862. The molecule has 0 spiro atoms. The van der Waals surface area contributed by atoms with Crippen molar-refractivity contribution in [2.24, 2.45) is 0 Å². The van der Waals surface area contributed by atoms with Gasteiger partial charge in [0.25, 0.3) is 0 Å². The van der Waals surface area contributed by atoms with Crippen molar-refractivity contribution >= 4 is 11.6 Å². The third-order valence-corrected chi connectivity index (χ3v) is 3.03. The monoisotopic (exact) mass is 288 g/mol. The maximum absolute atomic E-state index is 4.56. The van der Waals surface area contributed by atoms with Crippen molar-refractivity contribution in [1.29, 1.82) is 0 Å². The fourth-order valence-electron chi connectivity index (χ4n) is 2.09. The summed E-state index contributed by atoms with van der Waals surface area (Å²) in [5.41, 5.74) is 0. The molecule has 0 aliphatic rings. The van der Waals surface area contributed by atoms with Crippen LogP contribution in [0.4, 0.5) is 11.6 Å². The van der Waals surface area contributed by atoms with Crippen LogP contribution in [-0.2, 0) is 13.0 Å². The Bertz CT molecular complexity index is 499. The van der Waals surface area contributed by atoms with Crippen LogP contribution in [0.5, 0.6) is 0 Å². The Hall–Kier alpha value is -2.11. The summed E-state index contributed by atoms with van der Waals surface area (Å²) in [7, 11) is 0. The molecule has 0 amide bonds.